The molecule has 94 valence electrons. The van der Waals surface area contributed by atoms with E-state index >= 15 is 0 Å². The number of nitrogens with one attached hydrogen (secondary N) is 1. The zero-order valence-electron chi connectivity index (χ0n) is 9.82. The van der Waals surface area contributed by atoms with Gasteiger partial charge in [0.05, 0.1) is 11.4 Å². The lowest BCUT2D eigenvalue weighted by atomic mass is 9.97. The second-order valence-corrected chi connectivity index (χ2v) is 4.72. The van der Waals surface area contributed by atoms with E-state index in [0.29, 0.717) is 17.5 Å². The van der Waals surface area contributed by atoms with Gasteiger partial charge in [-0.1, -0.05) is 12.5 Å². The molecule has 4 heteroatoms. The largest absolute Gasteiger partial charge is 0.396 e. The summed E-state index contributed by atoms with van der Waals surface area (Å²) in [4.78, 5) is 0. The van der Waals surface area contributed by atoms with Crippen molar-refractivity contribution in [3.8, 4) is 0 Å². The molecule has 3 nitrogen and oxygen atoms in total. The predicted molar refractivity (Wildman–Crippen MR) is 67.2 cm³/mol. The second kappa shape index (κ2) is 5.36. The van der Waals surface area contributed by atoms with Crippen molar-refractivity contribution in [1.82, 2.24) is 0 Å². The van der Waals surface area contributed by atoms with Crippen LogP contribution in [0.15, 0.2) is 18.2 Å². The van der Waals surface area contributed by atoms with Gasteiger partial charge in [-0.05, 0) is 36.8 Å². The van der Waals surface area contributed by atoms with Crippen LogP contribution in [0.1, 0.15) is 19.3 Å². The number of nitrogens with two attached hydrogens (primary N) is 1. The monoisotopic (exact) mass is 238 g/mol. The zero-order valence-corrected chi connectivity index (χ0v) is 9.82. The Hall–Kier alpha value is -1.29. The van der Waals surface area contributed by atoms with Crippen LogP contribution < -0.4 is 11.1 Å². The quantitative estimate of drug-likeness (QED) is 0.705. The summed E-state index contributed by atoms with van der Waals surface area (Å²) < 4.78 is 13.2. The molecule has 0 aromatic heterocycles. The third-order valence-corrected chi connectivity index (χ3v) is 3.66. The summed E-state index contributed by atoms with van der Waals surface area (Å²) in [5, 5.41) is 12.4. The Morgan fingerprint density at radius 3 is 2.88 bits per heavy atom. The third-order valence-electron chi connectivity index (χ3n) is 3.66. The molecule has 0 saturated heterocycles. The number of hydrogen-bond acceptors (Lipinski definition) is 3. The van der Waals surface area contributed by atoms with Gasteiger partial charge in [-0.3, -0.25) is 0 Å². The molecule has 0 spiro atoms. The number of halogens is 1. The van der Waals surface area contributed by atoms with Crippen molar-refractivity contribution in [3.63, 3.8) is 0 Å². The Morgan fingerprint density at radius 2 is 2.12 bits per heavy atom. The lowest BCUT2D eigenvalue weighted by Crippen LogP contribution is -2.21. The van der Waals surface area contributed by atoms with Crippen molar-refractivity contribution in [2.75, 3.05) is 24.2 Å². The number of hydrogen-bond donors (Lipinski definition) is 3. The number of rotatable bonds is 4. The normalized spacial score (nSPS) is 23.9. The van der Waals surface area contributed by atoms with Crippen LogP contribution in [0, 0.1) is 17.7 Å². The van der Waals surface area contributed by atoms with Crippen molar-refractivity contribution in [2.24, 2.45) is 11.8 Å². The zero-order chi connectivity index (χ0) is 12.3. The van der Waals surface area contributed by atoms with Crippen molar-refractivity contribution < 1.29 is 9.50 Å². The number of aliphatic hydroxyl groups is 1. The van der Waals surface area contributed by atoms with Gasteiger partial charge in [-0.25, -0.2) is 4.39 Å². The van der Waals surface area contributed by atoms with Crippen LogP contribution in [0.25, 0.3) is 0 Å². The van der Waals surface area contributed by atoms with Gasteiger partial charge >= 0.3 is 0 Å². The van der Waals surface area contributed by atoms with E-state index in [1.54, 1.807) is 12.1 Å². The lowest BCUT2D eigenvalue weighted by molar-refractivity contribution is 0.199. The number of anilines is 2. The van der Waals surface area contributed by atoms with Gasteiger partial charge in [0.2, 0.25) is 0 Å². The molecule has 0 bridgehead atoms. The maximum absolute atomic E-state index is 13.2. The average molecular weight is 238 g/mol. The molecule has 0 aliphatic heterocycles. The molecule has 1 saturated carbocycles. The first-order chi connectivity index (χ1) is 8.22. The fourth-order valence-corrected chi connectivity index (χ4v) is 2.55. The summed E-state index contributed by atoms with van der Waals surface area (Å²) in [5.74, 6) is 0.445. The molecule has 1 aliphatic carbocycles. The molecule has 1 aromatic rings. The molecule has 0 amide bonds. The summed E-state index contributed by atoms with van der Waals surface area (Å²) in [6.07, 6.45) is 3.37. The molecule has 4 N–H and O–H groups in total. The number of nitrogen functional groups attached to an aromatic ring is 1. The number of benzene rings is 1. The maximum atomic E-state index is 13.2. The smallest absolute Gasteiger partial charge is 0.148 e. The van der Waals surface area contributed by atoms with E-state index in [4.69, 9.17) is 5.73 Å². The van der Waals surface area contributed by atoms with E-state index in [0.717, 1.165) is 25.8 Å². The van der Waals surface area contributed by atoms with Crippen molar-refractivity contribution in [1.29, 1.82) is 0 Å². The van der Waals surface area contributed by atoms with E-state index in [-0.39, 0.29) is 18.1 Å². The van der Waals surface area contributed by atoms with Gasteiger partial charge < -0.3 is 16.2 Å². The summed E-state index contributed by atoms with van der Waals surface area (Å²) in [7, 11) is 0. The Balaban J connectivity index is 1.95. The van der Waals surface area contributed by atoms with Crippen molar-refractivity contribution in [3.05, 3.63) is 24.0 Å². The number of para-hydroxylation sites is 1. The minimum absolute atomic E-state index is 0.172. The van der Waals surface area contributed by atoms with Gasteiger partial charge in [-0.2, -0.15) is 0 Å². The van der Waals surface area contributed by atoms with E-state index in [1.165, 1.54) is 6.07 Å². The highest BCUT2D eigenvalue weighted by atomic mass is 19.1. The first kappa shape index (κ1) is 12.2. The molecule has 1 fully saturated rings. The van der Waals surface area contributed by atoms with Gasteiger partial charge in [0, 0.05) is 13.2 Å². The fourth-order valence-electron chi connectivity index (χ4n) is 2.55. The minimum Gasteiger partial charge on any atom is -0.396 e. The molecule has 1 aliphatic rings. The fraction of sp³-hybridized carbons (Fsp3) is 0.538. The summed E-state index contributed by atoms with van der Waals surface area (Å²) in [5.41, 5.74) is 6.47. The topological polar surface area (TPSA) is 58.3 Å². The lowest BCUT2D eigenvalue weighted by Gasteiger charge is -2.19. The average Bonchev–Trinajstić information content (AvgIpc) is 2.78. The van der Waals surface area contributed by atoms with Crippen LogP contribution in [0.2, 0.25) is 0 Å². The molecule has 2 atom stereocenters. The standard InChI is InChI=1S/C13H19FN2O/c14-11-5-2-6-12(13(11)15)16-7-9-3-1-4-10(9)8-17/h2,5-6,9-10,16-17H,1,3-4,7-8,15H2. The molecule has 1 aromatic carbocycles. The first-order valence-corrected chi connectivity index (χ1v) is 6.11. The Morgan fingerprint density at radius 1 is 1.35 bits per heavy atom. The van der Waals surface area contributed by atoms with Crippen LogP contribution >= 0.6 is 0 Å². The van der Waals surface area contributed by atoms with Crippen molar-refractivity contribution >= 4 is 11.4 Å². The van der Waals surface area contributed by atoms with Gasteiger partial charge in [0.15, 0.2) is 0 Å². The van der Waals surface area contributed by atoms with E-state index in [1.807, 2.05) is 0 Å². The molecule has 0 heterocycles. The maximum Gasteiger partial charge on any atom is 0.148 e. The molecular weight excluding hydrogens is 219 g/mol. The highest BCUT2D eigenvalue weighted by Gasteiger charge is 2.26. The highest BCUT2D eigenvalue weighted by Crippen LogP contribution is 2.32. The molecule has 0 radical (unpaired) electrons. The van der Waals surface area contributed by atoms with Gasteiger partial charge in [-0.15, -0.1) is 0 Å². The molecule has 2 unspecified atom stereocenters. The second-order valence-electron chi connectivity index (χ2n) is 4.72. The number of aliphatic hydroxyl groups excluding tert-OH is 1. The van der Waals surface area contributed by atoms with Crippen LogP contribution in [0.5, 0.6) is 0 Å². The highest BCUT2D eigenvalue weighted by molar-refractivity contribution is 5.66. The van der Waals surface area contributed by atoms with Gasteiger partial charge in [0.25, 0.3) is 0 Å². The SMILES string of the molecule is Nc1c(F)cccc1NCC1CCCC1CO. The molecule has 2 rings (SSSR count). The molecular formula is C13H19FN2O. The predicted octanol–water partition coefficient (Wildman–Crippen LogP) is 2.23. The Bertz CT molecular complexity index is 384. The molecule has 17 heavy (non-hydrogen) atoms. The summed E-state index contributed by atoms with van der Waals surface area (Å²) in [6.45, 7) is 0.990. The van der Waals surface area contributed by atoms with Crippen LogP contribution in [0.4, 0.5) is 15.8 Å². The Kier molecular flexibility index (Phi) is 3.84. The van der Waals surface area contributed by atoms with Crippen molar-refractivity contribution in [2.45, 2.75) is 19.3 Å². The van der Waals surface area contributed by atoms with E-state index < -0.39 is 0 Å². The summed E-state index contributed by atoms with van der Waals surface area (Å²) in [6, 6.07) is 4.78. The minimum atomic E-state index is -0.389. The van der Waals surface area contributed by atoms with Crippen LogP contribution in [0.3, 0.4) is 0 Å². The third kappa shape index (κ3) is 2.69. The Labute approximate surface area is 101 Å². The summed E-state index contributed by atoms with van der Waals surface area (Å²) >= 11 is 0. The first-order valence-electron chi connectivity index (χ1n) is 6.11. The van der Waals surface area contributed by atoms with Gasteiger partial charge in [0.1, 0.15) is 5.82 Å². The van der Waals surface area contributed by atoms with E-state index in [2.05, 4.69) is 5.32 Å². The van der Waals surface area contributed by atoms with Crippen LogP contribution in [-0.4, -0.2) is 18.3 Å². The van der Waals surface area contributed by atoms with E-state index in [9.17, 15) is 9.50 Å². The van der Waals surface area contributed by atoms with Crippen LogP contribution in [-0.2, 0) is 0 Å².